The molecule has 0 atom stereocenters. The highest BCUT2D eigenvalue weighted by Crippen LogP contribution is 2.05. The minimum absolute atomic E-state index is 0.0758. The Balaban J connectivity index is 1.99. The number of piperazine rings is 1. The van der Waals surface area contributed by atoms with Crippen molar-refractivity contribution in [2.45, 2.75) is 0 Å². The SMILES string of the molecule is CN1CCN(C(=O)c2cn[nH]c2)CC1. The lowest BCUT2D eigenvalue weighted by Gasteiger charge is -2.32. The van der Waals surface area contributed by atoms with Gasteiger partial charge in [0.25, 0.3) is 5.91 Å². The standard InChI is InChI=1S/C9H14N4O/c1-12-2-4-13(5-3-12)9(14)8-6-10-11-7-8/h6-7H,2-5H2,1H3,(H,10,11). The van der Waals surface area contributed by atoms with Crippen LogP contribution in [0.2, 0.25) is 0 Å². The van der Waals surface area contributed by atoms with E-state index in [0.29, 0.717) is 5.56 Å². The third-order valence-electron chi connectivity index (χ3n) is 2.54. The number of rotatable bonds is 1. The van der Waals surface area contributed by atoms with Crippen LogP contribution in [0.15, 0.2) is 12.4 Å². The van der Waals surface area contributed by atoms with E-state index in [-0.39, 0.29) is 5.91 Å². The number of aromatic nitrogens is 2. The van der Waals surface area contributed by atoms with Gasteiger partial charge in [-0.3, -0.25) is 9.89 Å². The van der Waals surface area contributed by atoms with Gasteiger partial charge in [-0.05, 0) is 7.05 Å². The van der Waals surface area contributed by atoms with Gasteiger partial charge in [-0.25, -0.2) is 0 Å². The number of hydrogen-bond donors (Lipinski definition) is 1. The summed E-state index contributed by atoms with van der Waals surface area (Å²) in [6.07, 6.45) is 3.21. The number of carbonyl (C=O) groups is 1. The van der Waals surface area contributed by atoms with Crippen molar-refractivity contribution in [3.8, 4) is 0 Å². The average Bonchev–Trinajstić information content (AvgIpc) is 2.71. The Hall–Kier alpha value is -1.36. The minimum atomic E-state index is 0.0758. The molecule has 76 valence electrons. The van der Waals surface area contributed by atoms with Gasteiger partial charge < -0.3 is 9.80 Å². The van der Waals surface area contributed by atoms with Crippen LogP contribution in [-0.2, 0) is 0 Å². The molecule has 1 aliphatic rings. The largest absolute Gasteiger partial charge is 0.336 e. The molecule has 5 nitrogen and oxygen atoms in total. The maximum Gasteiger partial charge on any atom is 0.257 e. The van der Waals surface area contributed by atoms with Crippen molar-refractivity contribution in [2.24, 2.45) is 0 Å². The highest BCUT2D eigenvalue weighted by Gasteiger charge is 2.20. The van der Waals surface area contributed by atoms with Gasteiger partial charge in [0.2, 0.25) is 0 Å². The average molecular weight is 194 g/mol. The Morgan fingerprint density at radius 2 is 2.14 bits per heavy atom. The first-order chi connectivity index (χ1) is 6.77. The van der Waals surface area contributed by atoms with Crippen molar-refractivity contribution >= 4 is 5.91 Å². The van der Waals surface area contributed by atoms with Gasteiger partial charge in [0.1, 0.15) is 0 Å². The summed E-state index contributed by atoms with van der Waals surface area (Å²) in [7, 11) is 2.07. The summed E-state index contributed by atoms with van der Waals surface area (Å²) in [5.41, 5.74) is 0.648. The maximum absolute atomic E-state index is 11.8. The number of amides is 1. The van der Waals surface area contributed by atoms with Gasteiger partial charge in [-0.2, -0.15) is 5.10 Å². The van der Waals surface area contributed by atoms with Crippen molar-refractivity contribution in [3.05, 3.63) is 18.0 Å². The van der Waals surface area contributed by atoms with E-state index >= 15 is 0 Å². The zero-order valence-corrected chi connectivity index (χ0v) is 8.23. The van der Waals surface area contributed by atoms with Crippen LogP contribution >= 0.6 is 0 Å². The first-order valence-electron chi connectivity index (χ1n) is 4.74. The Morgan fingerprint density at radius 3 is 2.71 bits per heavy atom. The fourth-order valence-corrected chi connectivity index (χ4v) is 1.56. The lowest BCUT2D eigenvalue weighted by molar-refractivity contribution is 0.0664. The molecular weight excluding hydrogens is 180 g/mol. The third-order valence-corrected chi connectivity index (χ3v) is 2.54. The van der Waals surface area contributed by atoms with Crippen LogP contribution in [0, 0.1) is 0 Å². The lowest BCUT2D eigenvalue weighted by atomic mass is 10.2. The lowest BCUT2D eigenvalue weighted by Crippen LogP contribution is -2.47. The number of likely N-dealkylation sites (N-methyl/N-ethyl adjacent to an activating group) is 1. The van der Waals surface area contributed by atoms with Crippen molar-refractivity contribution < 1.29 is 4.79 Å². The fourth-order valence-electron chi connectivity index (χ4n) is 1.56. The van der Waals surface area contributed by atoms with Crippen LogP contribution in [0.5, 0.6) is 0 Å². The summed E-state index contributed by atoms with van der Waals surface area (Å²) >= 11 is 0. The van der Waals surface area contributed by atoms with E-state index in [2.05, 4.69) is 22.1 Å². The van der Waals surface area contributed by atoms with Gasteiger partial charge in [-0.1, -0.05) is 0 Å². The highest BCUT2D eigenvalue weighted by atomic mass is 16.2. The first kappa shape index (κ1) is 9.21. The number of nitrogens with zero attached hydrogens (tertiary/aromatic N) is 3. The molecule has 14 heavy (non-hydrogen) atoms. The van der Waals surface area contributed by atoms with Crippen LogP contribution in [-0.4, -0.2) is 59.1 Å². The monoisotopic (exact) mass is 194 g/mol. The smallest absolute Gasteiger partial charge is 0.257 e. The van der Waals surface area contributed by atoms with Crippen LogP contribution in [0.3, 0.4) is 0 Å². The normalized spacial score (nSPS) is 18.5. The molecule has 1 N–H and O–H groups in total. The molecule has 1 amide bonds. The topological polar surface area (TPSA) is 52.2 Å². The van der Waals surface area contributed by atoms with Crippen LogP contribution in [0.4, 0.5) is 0 Å². The van der Waals surface area contributed by atoms with Crippen LogP contribution < -0.4 is 0 Å². The van der Waals surface area contributed by atoms with E-state index in [1.54, 1.807) is 12.4 Å². The molecule has 0 radical (unpaired) electrons. The minimum Gasteiger partial charge on any atom is -0.336 e. The molecule has 1 saturated heterocycles. The van der Waals surface area contributed by atoms with Gasteiger partial charge in [0.15, 0.2) is 0 Å². The first-order valence-corrected chi connectivity index (χ1v) is 4.74. The predicted octanol–water partition coefficient (Wildman–Crippen LogP) is -0.203. The molecule has 0 saturated carbocycles. The molecule has 2 rings (SSSR count). The second-order valence-electron chi connectivity index (χ2n) is 3.58. The van der Waals surface area contributed by atoms with Crippen molar-refractivity contribution in [1.82, 2.24) is 20.0 Å². The molecule has 1 fully saturated rings. The summed E-state index contributed by atoms with van der Waals surface area (Å²) < 4.78 is 0. The quantitative estimate of drug-likeness (QED) is 0.673. The molecule has 0 spiro atoms. The van der Waals surface area contributed by atoms with Gasteiger partial charge in [0, 0.05) is 32.4 Å². The number of nitrogens with one attached hydrogen (secondary N) is 1. The number of carbonyl (C=O) groups excluding carboxylic acids is 1. The molecule has 1 aromatic heterocycles. The van der Waals surface area contributed by atoms with E-state index in [0.717, 1.165) is 26.2 Å². The summed E-state index contributed by atoms with van der Waals surface area (Å²) in [5, 5.41) is 6.42. The van der Waals surface area contributed by atoms with Crippen molar-refractivity contribution in [1.29, 1.82) is 0 Å². The van der Waals surface area contributed by atoms with E-state index in [9.17, 15) is 4.79 Å². The summed E-state index contributed by atoms with van der Waals surface area (Å²) in [5.74, 6) is 0.0758. The molecule has 0 unspecified atom stereocenters. The Labute approximate surface area is 82.7 Å². The molecule has 0 aliphatic carbocycles. The highest BCUT2D eigenvalue weighted by molar-refractivity contribution is 5.93. The second kappa shape index (κ2) is 3.79. The fraction of sp³-hybridized carbons (Fsp3) is 0.556. The predicted molar refractivity (Wildman–Crippen MR) is 52.0 cm³/mol. The maximum atomic E-state index is 11.8. The molecule has 2 heterocycles. The number of H-pyrrole nitrogens is 1. The second-order valence-corrected chi connectivity index (χ2v) is 3.58. The van der Waals surface area contributed by atoms with E-state index in [1.165, 1.54) is 0 Å². The van der Waals surface area contributed by atoms with Crippen LogP contribution in [0.25, 0.3) is 0 Å². The molecule has 1 aliphatic heterocycles. The summed E-state index contributed by atoms with van der Waals surface area (Å²) in [6, 6.07) is 0. The third kappa shape index (κ3) is 1.77. The molecule has 5 heteroatoms. The van der Waals surface area contributed by atoms with Gasteiger partial charge in [-0.15, -0.1) is 0 Å². The Bertz CT molecular complexity index is 301. The van der Waals surface area contributed by atoms with E-state index in [1.807, 2.05) is 4.90 Å². The summed E-state index contributed by atoms with van der Waals surface area (Å²) in [4.78, 5) is 15.9. The molecular formula is C9H14N4O. The molecule has 0 aromatic carbocycles. The Morgan fingerprint density at radius 1 is 1.43 bits per heavy atom. The Kier molecular flexibility index (Phi) is 2.49. The zero-order chi connectivity index (χ0) is 9.97. The molecule has 0 bridgehead atoms. The van der Waals surface area contributed by atoms with Gasteiger partial charge >= 0.3 is 0 Å². The van der Waals surface area contributed by atoms with Gasteiger partial charge in [0.05, 0.1) is 11.8 Å². The summed E-state index contributed by atoms with van der Waals surface area (Å²) in [6.45, 7) is 3.51. The van der Waals surface area contributed by atoms with Crippen LogP contribution in [0.1, 0.15) is 10.4 Å². The molecule has 1 aromatic rings. The van der Waals surface area contributed by atoms with E-state index in [4.69, 9.17) is 0 Å². The number of aromatic amines is 1. The van der Waals surface area contributed by atoms with E-state index < -0.39 is 0 Å². The van der Waals surface area contributed by atoms with Crippen molar-refractivity contribution in [2.75, 3.05) is 33.2 Å². The van der Waals surface area contributed by atoms with Crippen molar-refractivity contribution in [3.63, 3.8) is 0 Å². The zero-order valence-electron chi connectivity index (χ0n) is 8.23. The number of hydrogen-bond acceptors (Lipinski definition) is 3.